The molecule has 41 heavy (non-hydrogen) atoms. The standard InChI is InChI=1S/C34H42N2O5/c1-4-5-22-40-32(37)20-21-36(24-26(2)3)34(39)35-31(33(38)41-25-28-12-8-6-9-13-28)23-27-16-18-30(19-17-27)29-14-10-7-11-15-29/h6-19,26,31H,4-5,20-25H2,1-3H3,(H,35,39)/t31-/m0/s1. The summed E-state index contributed by atoms with van der Waals surface area (Å²) in [5, 5.41) is 2.89. The van der Waals surface area contributed by atoms with E-state index in [1.165, 1.54) is 0 Å². The molecule has 0 heterocycles. The van der Waals surface area contributed by atoms with E-state index >= 15 is 0 Å². The number of carbonyl (C=O) groups is 3. The average molecular weight is 559 g/mol. The van der Waals surface area contributed by atoms with Crippen molar-refractivity contribution >= 4 is 18.0 Å². The van der Waals surface area contributed by atoms with Crippen molar-refractivity contribution in [3.05, 3.63) is 96.1 Å². The number of esters is 2. The number of carbonyl (C=O) groups excluding carboxylic acids is 3. The summed E-state index contributed by atoms with van der Waals surface area (Å²) < 4.78 is 10.9. The zero-order valence-corrected chi connectivity index (χ0v) is 24.4. The van der Waals surface area contributed by atoms with E-state index in [1.54, 1.807) is 4.90 Å². The van der Waals surface area contributed by atoms with Crippen LogP contribution in [-0.4, -0.2) is 48.6 Å². The summed E-state index contributed by atoms with van der Waals surface area (Å²) in [6, 6.07) is 26.1. The van der Waals surface area contributed by atoms with Crippen LogP contribution in [0.3, 0.4) is 0 Å². The monoisotopic (exact) mass is 558 g/mol. The van der Waals surface area contributed by atoms with E-state index < -0.39 is 18.0 Å². The first-order chi connectivity index (χ1) is 19.9. The molecule has 1 atom stereocenters. The van der Waals surface area contributed by atoms with Gasteiger partial charge in [-0.3, -0.25) is 4.79 Å². The fourth-order valence-corrected chi connectivity index (χ4v) is 4.31. The Kier molecular flexibility index (Phi) is 12.9. The molecule has 3 aromatic rings. The number of hydrogen-bond donors (Lipinski definition) is 1. The van der Waals surface area contributed by atoms with Crippen LogP contribution in [0, 0.1) is 5.92 Å². The van der Waals surface area contributed by atoms with E-state index in [0.717, 1.165) is 35.1 Å². The van der Waals surface area contributed by atoms with Crippen molar-refractivity contribution in [3.8, 4) is 11.1 Å². The maximum absolute atomic E-state index is 13.4. The van der Waals surface area contributed by atoms with Crippen LogP contribution >= 0.6 is 0 Å². The SMILES string of the molecule is CCCCOC(=O)CCN(CC(C)C)C(=O)N[C@@H](Cc1ccc(-c2ccccc2)cc1)C(=O)OCc1ccccc1. The second kappa shape index (κ2) is 16.9. The van der Waals surface area contributed by atoms with Crippen molar-refractivity contribution in [1.29, 1.82) is 0 Å². The van der Waals surface area contributed by atoms with Crippen molar-refractivity contribution in [2.75, 3.05) is 19.7 Å². The zero-order chi connectivity index (χ0) is 29.5. The molecule has 0 unspecified atom stereocenters. The smallest absolute Gasteiger partial charge is 0.329 e. The van der Waals surface area contributed by atoms with E-state index in [4.69, 9.17) is 9.47 Å². The molecule has 0 aliphatic rings. The van der Waals surface area contributed by atoms with Gasteiger partial charge in [-0.15, -0.1) is 0 Å². The van der Waals surface area contributed by atoms with Crippen LogP contribution in [-0.2, 0) is 32.1 Å². The number of urea groups is 1. The van der Waals surface area contributed by atoms with Gasteiger partial charge in [-0.1, -0.05) is 112 Å². The molecule has 0 spiro atoms. The summed E-state index contributed by atoms with van der Waals surface area (Å²) >= 11 is 0. The first kappa shape index (κ1) is 31.4. The van der Waals surface area contributed by atoms with Gasteiger partial charge in [0.2, 0.25) is 0 Å². The topological polar surface area (TPSA) is 84.9 Å². The largest absolute Gasteiger partial charge is 0.466 e. The molecule has 0 saturated heterocycles. The molecule has 3 rings (SSSR count). The lowest BCUT2D eigenvalue weighted by Gasteiger charge is -2.27. The number of ether oxygens (including phenoxy) is 2. The highest BCUT2D eigenvalue weighted by atomic mass is 16.5. The molecule has 7 nitrogen and oxygen atoms in total. The second-order valence-corrected chi connectivity index (χ2v) is 10.5. The predicted octanol–water partition coefficient (Wildman–Crippen LogP) is 6.41. The fourth-order valence-electron chi connectivity index (χ4n) is 4.31. The molecule has 0 saturated carbocycles. The molecule has 0 aliphatic carbocycles. The zero-order valence-electron chi connectivity index (χ0n) is 24.4. The van der Waals surface area contributed by atoms with Gasteiger partial charge in [-0.2, -0.15) is 0 Å². The van der Waals surface area contributed by atoms with Gasteiger partial charge in [0.05, 0.1) is 13.0 Å². The van der Waals surface area contributed by atoms with Crippen molar-refractivity contribution in [1.82, 2.24) is 10.2 Å². The van der Waals surface area contributed by atoms with Gasteiger partial charge in [0.1, 0.15) is 12.6 Å². The lowest BCUT2D eigenvalue weighted by atomic mass is 10.0. The number of benzene rings is 3. The van der Waals surface area contributed by atoms with Gasteiger partial charge in [0.25, 0.3) is 0 Å². The van der Waals surface area contributed by atoms with Crippen molar-refractivity contribution in [2.24, 2.45) is 5.92 Å². The normalized spacial score (nSPS) is 11.5. The number of nitrogens with zero attached hydrogens (tertiary/aromatic N) is 1. The van der Waals surface area contributed by atoms with Gasteiger partial charge >= 0.3 is 18.0 Å². The highest BCUT2D eigenvalue weighted by molar-refractivity contribution is 5.84. The third-order valence-electron chi connectivity index (χ3n) is 6.53. The first-order valence-corrected chi connectivity index (χ1v) is 14.4. The molecule has 0 fully saturated rings. The van der Waals surface area contributed by atoms with Crippen LogP contribution in [0.2, 0.25) is 0 Å². The highest BCUT2D eigenvalue weighted by Gasteiger charge is 2.26. The molecule has 1 N–H and O–H groups in total. The van der Waals surface area contributed by atoms with Crippen molar-refractivity contribution in [3.63, 3.8) is 0 Å². The van der Waals surface area contributed by atoms with E-state index in [-0.39, 0.29) is 37.9 Å². The Morgan fingerprint density at radius 3 is 2.07 bits per heavy atom. The number of hydrogen-bond acceptors (Lipinski definition) is 5. The molecule has 0 aromatic heterocycles. The molecular formula is C34H42N2O5. The molecule has 2 amide bonds. The van der Waals surface area contributed by atoms with Gasteiger partial charge in [-0.05, 0) is 34.6 Å². The lowest BCUT2D eigenvalue weighted by molar-refractivity contribution is -0.147. The molecule has 0 radical (unpaired) electrons. The Morgan fingerprint density at radius 1 is 0.805 bits per heavy atom. The Balaban J connectivity index is 1.72. The number of rotatable bonds is 15. The molecule has 7 heteroatoms. The fraction of sp³-hybridized carbons (Fsp3) is 0.382. The highest BCUT2D eigenvalue weighted by Crippen LogP contribution is 2.20. The average Bonchev–Trinajstić information content (AvgIpc) is 2.99. The lowest BCUT2D eigenvalue weighted by Crippen LogP contribution is -2.50. The number of unbranched alkanes of at least 4 members (excludes halogenated alkanes) is 1. The number of amides is 2. The third-order valence-corrected chi connectivity index (χ3v) is 6.53. The summed E-state index contributed by atoms with van der Waals surface area (Å²) in [6.07, 6.45) is 2.10. The molecule has 0 aliphatic heterocycles. The summed E-state index contributed by atoms with van der Waals surface area (Å²) in [4.78, 5) is 40.5. The molecule has 3 aromatic carbocycles. The Labute approximate surface area is 243 Å². The van der Waals surface area contributed by atoms with Gasteiger partial charge < -0.3 is 19.7 Å². The Hall–Kier alpha value is -4.13. The molecule has 0 bridgehead atoms. The van der Waals surface area contributed by atoms with Crippen LogP contribution in [0.5, 0.6) is 0 Å². The maximum Gasteiger partial charge on any atom is 0.329 e. The van der Waals surface area contributed by atoms with Crippen molar-refractivity contribution < 1.29 is 23.9 Å². The van der Waals surface area contributed by atoms with Crippen LogP contribution in [0.15, 0.2) is 84.9 Å². The minimum atomic E-state index is -0.903. The van der Waals surface area contributed by atoms with Gasteiger partial charge in [0, 0.05) is 19.5 Å². The van der Waals surface area contributed by atoms with Crippen LogP contribution in [0.25, 0.3) is 11.1 Å². The van der Waals surface area contributed by atoms with E-state index in [0.29, 0.717) is 13.2 Å². The van der Waals surface area contributed by atoms with Gasteiger partial charge in [0.15, 0.2) is 0 Å². The Morgan fingerprint density at radius 2 is 1.44 bits per heavy atom. The molecular weight excluding hydrogens is 516 g/mol. The van der Waals surface area contributed by atoms with E-state index in [2.05, 4.69) is 5.32 Å². The van der Waals surface area contributed by atoms with Crippen molar-refractivity contribution in [2.45, 2.75) is 59.1 Å². The quantitative estimate of drug-likeness (QED) is 0.172. The third kappa shape index (κ3) is 11.1. The van der Waals surface area contributed by atoms with Crippen LogP contribution < -0.4 is 5.32 Å². The Bertz CT molecular complexity index is 1210. The molecule has 218 valence electrons. The van der Waals surface area contributed by atoms with E-state index in [1.807, 2.05) is 106 Å². The number of nitrogens with one attached hydrogen (secondary N) is 1. The minimum Gasteiger partial charge on any atom is -0.466 e. The van der Waals surface area contributed by atoms with E-state index in [9.17, 15) is 14.4 Å². The first-order valence-electron chi connectivity index (χ1n) is 14.4. The minimum absolute atomic E-state index is 0.0912. The summed E-state index contributed by atoms with van der Waals surface area (Å²) in [5.74, 6) is -0.680. The summed E-state index contributed by atoms with van der Waals surface area (Å²) in [7, 11) is 0. The van der Waals surface area contributed by atoms with Crippen LogP contribution in [0.4, 0.5) is 4.79 Å². The second-order valence-electron chi connectivity index (χ2n) is 10.5. The predicted molar refractivity (Wildman–Crippen MR) is 161 cm³/mol. The maximum atomic E-state index is 13.4. The summed E-state index contributed by atoms with van der Waals surface area (Å²) in [5.41, 5.74) is 3.92. The van der Waals surface area contributed by atoms with Gasteiger partial charge in [-0.25, -0.2) is 9.59 Å². The summed E-state index contributed by atoms with van der Waals surface area (Å²) in [6.45, 7) is 7.15. The van der Waals surface area contributed by atoms with Crippen LogP contribution in [0.1, 0.15) is 51.2 Å².